The van der Waals surface area contributed by atoms with Crippen LogP contribution in [0.1, 0.15) is 23.8 Å². The van der Waals surface area contributed by atoms with Crippen molar-refractivity contribution in [3.8, 4) is 0 Å². The molecule has 0 spiro atoms. The molecule has 0 unspecified atom stereocenters. The summed E-state index contributed by atoms with van der Waals surface area (Å²) in [5.41, 5.74) is 2.27. The van der Waals surface area contributed by atoms with Gasteiger partial charge in [0, 0.05) is 46.1 Å². The molecule has 9 nitrogen and oxygen atoms in total. The van der Waals surface area contributed by atoms with Crippen molar-refractivity contribution in [2.75, 3.05) is 25.0 Å². The third-order valence-corrected chi connectivity index (χ3v) is 5.08. The second-order valence-electron chi connectivity index (χ2n) is 7.22. The third-order valence-electron chi connectivity index (χ3n) is 5.08. The minimum atomic E-state index is 0.549. The summed E-state index contributed by atoms with van der Waals surface area (Å²) in [7, 11) is 6.00. The van der Waals surface area contributed by atoms with Gasteiger partial charge in [-0.25, -0.2) is 4.99 Å². The van der Waals surface area contributed by atoms with Crippen LogP contribution in [0.25, 0.3) is 0 Å². The highest BCUT2D eigenvalue weighted by Crippen LogP contribution is 2.10. The molecule has 3 rings (SSSR count). The fourth-order valence-electron chi connectivity index (χ4n) is 2.99. The Kier molecular flexibility index (Phi) is 7.42. The number of anilines is 1. The molecule has 0 bridgehead atoms. The number of rotatable bonds is 9. The first-order valence-electron chi connectivity index (χ1n) is 10.1. The van der Waals surface area contributed by atoms with Gasteiger partial charge in [-0.05, 0) is 31.5 Å². The van der Waals surface area contributed by atoms with Crippen molar-refractivity contribution < 1.29 is 0 Å². The Hall–Kier alpha value is -3.36. The first-order chi connectivity index (χ1) is 14.5. The summed E-state index contributed by atoms with van der Waals surface area (Å²) in [6.45, 7) is 4.81. The molecule has 2 N–H and O–H groups in total. The predicted octanol–water partition coefficient (Wildman–Crippen LogP) is 1.62. The van der Waals surface area contributed by atoms with Crippen molar-refractivity contribution in [1.29, 1.82) is 0 Å². The molecule has 0 aliphatic rings. The molecule has 0 fully saturated rings. The molecule has 0 atom stereocenters. The largest absolute Gasteiger partial charge is 0.375 e. The van der Waals surface area contributed by atoms with Crippen molar-refractivity contribution in [2.24, 2.45) is 19.1 Å². The lowest BCUT2D eigenvalue weighted by molar-refractivity contribution is 0.685. The summed E-state index contributed by atoms with van der Waals surface area (Å²) in [6, 6.07) is 12.4. The number of para-hydroxylation sites is 1. The highest BCUT2D eigenvalue weighted by Gasteiger charge is 2.07. The van der Waals surface area contributed by atoms with Crippen molar-refractivity contribution >= 4 is 11.6 Å². The van der Waals surface area contributed by atoms with Gasteiger partial charge in [-0.15, -0.1) is 10.2 Å². The molecule has 0 radical (unpaired) electrons. The number of nitrogens with one attached hydrogen (secondary N) is 2. The fourth-order valence-corrected chi connectivity index (χ4v) is 2.99. The second-order valence-corrected chi connectivity index (χ2v) is 7.22. The molecule has 2 aromatic heterocycles. The summed E-state index contributed by atoms with van der Waals surface area (Å²) in [4.78, 5) is 6.97. The van der Waals surface area contributed by atoms with E-state index in [0.29, 0.717) is 13.1 Å². The lowest BCUT2D eigenvalue weighted by Crippen LogP contribution is -2.39. The van der Waals surface area contributed by atoms with Gasteiger partial charge in [-0.3, -0.25) is 4.68 Å². The average molecular weight is 410 g/mol. The van der Waals surface area contributed by atoms with E-state index in [4.69, 9.17) is 4.99 Å². The lowest BCUT2D eigenvalue weighted by atomic mass is 10.3. The van der Waals surface area contributed by atoms with Gasteiger partial charge in [-0.2, -0.15) is 5.10 Å². The van der Waals surface area contributed by atoms with Crippen LogP contribution in [0.3, 0.4) is 0 Å². The number of aryl methyl sites for hydroxylation is 2. The average Bonchev–Trinajstić information content (AvgIpc) is 3.32. The van der Waals surface area contributed by atoms with Crippen molar-refractivity contribution in [2.45, 2.75) is 26.4 Å². The van der Waals surface area contributed by atoms with E-state index in [1.54, 1.807) is 6.20 Å². The minimum absolute atomic E-state index is 0.549. The Morgan fingerprint density at radius 1 is 1.10 bits per heavy atom. The third kappa shape index (κ3) is 5.82. The van der Waals surface area contributed by atoms with E-state index in [1.807, 2.05) is 42.4 Å². The van der Waals surface area contributed by atoms with Crippen LogP contribution in [0.15, 0.2) is 47.6 Å². The topological polar surface area (TPSA) is 88.2 Å². The second kappa shape index (κ2) is 10.4. The van der Waals surface area contributed by atoms with Gasteiger partial charge in [0.2, 0.25) is 0 Å². The maximum atomic E-state index is 4.72. The maximum absolute atomic E-state index is 4.72. The SMILES string of the molecule is Cc1nnc(CNC(=NCc2ccnn2C)NCCCN(C)c2ccccc2)n1C. The Labute approximate surface area is 177 Å². The van der Waals surface area contributed by atoms with Crippen LogP contribution in [0, 0.1) is 6.92 Å². The molecule has 0 amide bonds. The van der Waals surface area contributed by atoms with Crippen LogP contribution in [-0.2, 0) is 27.2 Å². The van der Waals surface area contributed by atoms with Gasteiger partial charge in [-0.1, -0.05) is 18.2 Å². The number of aromatic nitrogens is 5. The van der Waals surface area contributed by atoms with Crippen LogP contribution in [-0.4, -0.2) is 50.6 Å². The van der Waals surface area contributed by atoms with E-state index in [0.717, 1.165) is 42.8 Å². The minimum Gasteiger partial charge on any atom is -0.375 e. The molecule has 1 aromatic carbocycles. The zero-order valence-corrected chi connectivity index (χ0v) is 18.2. The number of nitrogens with zero attached hydrogens (tertiary/aromatic N) is 7. The van der Waals surface area contributed by atoms with Gasteiger partial charge < -0.3 is 20.1 Å². The summed E-state index contributed by atoms with van der Waals surface area (Å²) in [5, 5.41) is 19.3. The van der Waals surface area contributed by atoms with Crippen molar-refractivity contribution in [3.05, 3.63) is 59.9 Å². The van der Waals surface area contributed by atoms with Gasteiger partial charge in [0.1, 0.15) is 5.82 Å². The standard InChI is InChI=1S/C21H31N9/c1-17-26-27-20(29(17)3)16-24-21(23-15-19-11-13-25-30(19)4)22-12-8-14-28(2)18-9-6-5-7-10-18/h5-7,9-11,13H,8,12,14-16H2,1-4H3,(H2,22,23,24). The van der Waals surface area contributed by atoms with E-state index in [-0.39, 0.29) is 0 Å². The number of aliphatic imine (C=N–C) groups is 1. The molecular weight excluding hydrogens is 378 g/mol. The fraction of sp³-hybridized carbons (Fsp3) is 0.429. The first kappa shape index (κ1) is 21.4. The van der Waals surface area contributed by atoms with Gasteiger partial charge in [0.25, 0.3) is 0 Å². The molecule has 9 heteroatoms. The summed E-state index contributed by atoms with van der Waals surface area (Å²) >= 11 is 0. The Morgan fingerprint density at radius 3 is 2.57 bits per heavy atom. The summed E-state index contributed by atoms with van der Waals surface area (Å²) in [6.07, 6.45) is 2.77. The van der Waals surface area contributed by atoms with E-state index >= 15 is 0 Å². The van der Waals surface area contributed by atoms with Gasteiger partial charge >= 0.3 is 0 Å². The van der Waals surface area contributed by atoms with Crippen LogP contribution < -0.4 is 15.5 Å². The number of hydrogen-bond acceptors (Lipinski definition) is 5. The molecule has 2 heterocycles. The van der Waals surface area contributed by atoms with Gasteiger partial charge in [0.15, 0.2) is 11.8 Å². The van der Waals surface area contributed by atoms with Gasteiger partial charge in [0.05, 0.1) is 18.8 Å². The van der Waals surface area contributed by atoms with E-state index in [2.05, 4.69) is 62.1 Å². The highest BCUT2D eigenvalue weighted by molar-refractivity contribution is 5.79. The molecule has 30 heavy (non-hydrogen) atoms. The maximum Gasteiger partial charge on any atom is 0.192 e. The van der Waals surface area contributed by atoms with Crippen LogP contribution in [0.2, 0.25) is 0 Å². The number of hydrogen-bond donors (Lipinski definition) is 2. The Morgan fingerprint density at radius 2 is 1.90 bits per heavy atom. The molecule has 0 aliphatic carbocycles. The van der Waals surface area contributed by atoms with Crippen LogP contribution >= 0.6 is 0 Å². The van der Waals surface area contributed by atoms with E-state index in [9.17, 15) is 0 Å². The zero-order valence-electron chi connectivity index (χ0n) is 18.2. The molecule has 0 saturated heterocycles. The summed E-state index contributed by atoms with van der Waals surface area (Å²) < 4.78 is 3.81. The van der Waals surface area contributed by atoms with Crippen molar-refractivity contribution in [1.82, 2.24) is 35.2 Å². The van der Waals surface area contributed by atoms with E-state index in [1.165, 1.54) is 5.69 Å². The van der Waals surface area contributed by atoms with Crippen LogP contribution in [0.4, 0.5) is 5.69 Å². The number of guanidine groups is 1. The molecule has 3 aromatic rings. The Bertz CT molecular complexity index is 943. The molecule has 0 saturated carbocycles. The number of benzene rings is 1. The quantitative estimate of drug-likeness (QED) is 0.317. The van der Waals surface area contributed by atoms with E-state index < -0.39 is 0 Å². The zero-order chi connectivity index (χ0) is 21.3. The molecule has 160 valence electrons. The molecule has 0 aliphatic heterocycles. The van der Waals surface area contributed by atoms with Crippen molar-refractivity contribution in [3.63, 3.8) is 0 Å². The molecular formula is C21H31N9. The first-order valence-corrected chi connectivity index (χ1v) is 10.1. The lowest BCUT2D eigenvalue weighted by Gasteiger charge is -2.19. The smallest absolute Gasteiger partial charge is 0.192 e. The normalized spacial score (nSPS) is 11.5. The Balaban J connectivity index is 1.54. The predicted molar refractivity (Wildman–Crippen MR) is 119 cm³/mol. The summed E-state index contributed by atoms with van der Waals surface area (Å²) in [5.74, 6) is 2.50. The monoisotopic (exact) mass is 409 g/mol. The van der Waals surface area contributed by atoms with Crippen LogP contribution in [0.5, 0.6) is 0 Å². The highest BCUT2D eigenvalue weighted by atomic mass is 15.3.